The van der Waals surface area contributed by atoms with Crippen molar-refractivity contribution >= 4 is 44.1 Å². The van der Waals surface area contributed by atoms with Crippen molar-refractivity contribution < 1.29 is 40.7 Å². The Morgan fingerprint density at radius 2 is 1.68 bits per heavy atom. The summed E-state index contributed by atoms with van der Waals surface area (Å²) in [6.45, 7) is -0.362. The van der Waals surface area contributed by atoms with Crippen LogP contribution in [-0.4, -0.2) is 45.8 Å². The Kier molecular flexibility index (Phi) is 8.05. The summed E-state index contributed by atoms with van der Waals surface area (Å²) in [7, 11) is -4.49. The van der Waals surface area contributed by atoms with Gasteiger partial charge in [0.15, 0.2) is 15.1 Å². The van der Waals surface area contributed by atoms with Crippen LogP contribution >= 0.6 is 0 Å². The predicted molar refractivity (Wildman–Crippen MR) is 138 cm³/mol. The summed E-state index contributed by atoms with van der Waals surface area (Å²) in [6.07, 6.45) is -5.29. The van der Waals surface area contributed by atoms with Crippen molar-refractivity contribution in [3.05, 3.63) is 88.5 Å². The third kappa shape index (κ3) is 6.49. The van der Waals surface area contributed by atoms with E-state index < -0.39 is 67.2 Å². The molecule has 0 spiro atoms. The molecular formula is C25H19F4N5O6S. The summed E-state index contributed by atoms with van der Waals surface area (Å²) in [5.41, 5.74) is -2.21. The number of carboxylic acids is 1. The highest BCUT2D eigenvalue weighted by molar-refractivity contribution is 7.92. The molecule has 0 saturated heterocycles. The zero-order valence-electron chi connectivity index (χ0n) is 20.6. The molecule has 4 aromatic rings. The van der Waals surface area contributed by atoms with E-state index in [9.17, 15) is 45.5 Å². The highest BCUT2D eigenvalue weighted by atomic mass is 32.2. The van der Waals surface area contributed by atoms with Crippen molar-refractivity contribution in [2.45, 2.75) is 29.3 Å². The summed E-state index contributed by atoms with van der Waals surface area (Å²) in [4.78, 5) is 36.3. The third-order valence-corrected chi connectivity index (χ3v) is 7.98. The van der Waals surface area contributed by atoms with Crippen molar-refractivity contribution in [2.24, 2.45) is 0 Å². The number of aryl methyl sites for hydroxylation is 1. The number of hydrogen-bond donors (Lipinski definition) is 3. The summed E-state index contributed by atoms with van der Waals surface area (Å²) in [5.74, 6) is -2.79. The average molecular weight is 594 g/mol. The van der Waals surface area contributed by atoms with E-state index in [2.05, 4.69) is 15.6 Å². The Labute approximate surface area is 228 Å². The molecule has 1 atom stereocenters. The first-order valence-corrected chi connectivity index (χ1v) is 13.2. The molecule has 0 saturated carbocycles. The Morgan fingerprint density at radius 3 is 2.34 bits per heavy atom. The number of carbonyl (C=O) groups is 2. The van der Waals surface area contributed by atoms with Gasteiger partial charge in [0.25, 0.3) is 5.56 Å². The van der Waals surface area contributed by atoms with Gasteiger partial charge in [-0.3, -0.25) is 9.59 Å². The molecule has 1 unspecified atom stereocenters. The van der Waals surface area contributed by atoms with Crippen LogP contribution in [0.3, 0.4) is 0 Å². The Balaban J connectivity index is 1.46. The van der Waals surface area contributed by atoms with Gasteiger partial charge in [-0.05, 0) is 61.0 Å². The molecule has 0 fully saturated rings. The lowest BCUT2D eigenvalue weighted by atomic mass is 10.2. The smallest absolute Gasteiger partial charge is 0.416 e. The number of rotatable bonds is 8. The first-order valence-electron chi connectivity index (χ1n) is 11.6. The van der Waals surface area contributed by atoms with Gasteiger partial charge in [-0.15, -0.1) is 5.10 Å². The van der Waals surface area contributed by atoms with Gasteiger partial charge in [-0.25, -0.2) is 22.3 Å². The number of anilines is 2. The van der Waals surface area contributed by atoms with Gasteiger partial charge >= 0.3 is 18.2 Å². The Hall–Kier alpha value is -4.86. The number of nitrogens with zero attached hydrogens (tertiary/aromatic N) is 3. The number of alkyl halides is 3. The minimum Gasteiger partial charge on any atom is -0.480 e. The van der Waals surface area contributed by atoms with Gasteiger partial charge in [-0.1, -0.05) is 17.3 Å². The molecular weight excluding hydrogens is 574 g/mol. The Morgan fingerprint density at radius 1 is 1.00 bits per heavy atom. The third-order valence-electron chi connectivity index (χ3n) is 5.87. The molecule has 1 heterocycles. The molecule has 2 amide bonds. The van der Waals surface area contributed by atoms with Crippen LogP contribution in [-0.2, 0) is 27.4 Å². The maximum Gasteiger partial charge on any atom is 0.416 e. The van der Waals surface area contributed by atoms with Crippen LogP contribution in [0, 0.1) is 5.82 Å². The normalized spacial score (nSPS) is 12.6. The molecule has 0 aliphatic carbocycles. The average Bonchev–Trinajstić information content (AvgIpc) is 2.90. The van der Waals surface area contributed by atoms with E-state index in [1.807, 2.05) is 5.32 Å². The summed E-state index contributed by atoms with van der Waals surface area (Å²) in [6, 6.07) is 10.9. The largest absolute Gasteiger partial charge is 0.480 e. The number of aromatic nitrogens is 3. The van der Waals surface area contributed by atoms with E-state index in [1.165, 1.54) is 6.07 Å². The molecule has 0 bridgehead atoms. The first-order chi connectivity index (χ1) is 19.3. The van der Waals surface area contributed by atoms with Crippen LogP contribution in [0.5, 0.6) is 0 Å². The number of carboxylic acid groups (broad SMARTS) is 1. The number of urea groups is 1. The highest BCUT2D eigenvalue weighted by Gasteiger charge is 2.34. The number of sulfone groups is 1. The van der Waals surface area contributed by atoms with Gasteiger partial charge in [0, 0.05) is 12.2 Å². The number of benzene rings is 3. The van der Waals surface area contributed by atoms with Crippen molar-refractivity contribution in [1.29, 1.82) is 0 Å². The quantitative estimate of drug-likeness (QED) is 0.259. The van der Waals surface area contributed by atoms with Crippen molar-refractivity contribution in [3.63, 3.8) is 0 Å². The molecule has 0 aliphatic heterocycles. The zero-order chi connectivity index (χ0) is 29.9. The van der Waals surface area contributed by atoms with Crippen LogP contribution in [0.4, 0.5) is 33.7 Å². The topological polar surface area (TPSA) is 160 Å². The number of hydrogen-bond acceptors (Lipinski definition) is 7. The maximum atomic E-state index is 13.9. The van der Waals surface area contributed by atoms with Crippen molar-refractivity contribution in [1.82, 2.24) is 15.0 Å². The SMILES string of the molecule is O=C(Nc1ccc(S(=O)(=O)C(CCn2nnc3ccccc3c2=O)C(=O)O)cc1)Nc1cc(C(F)(F)F)ccc1F. The standard InChI is InChI=1S/C25H19F4N5O6S/c26-18-10-5-14(25(27,28)29)13-20(18)31-24(38)30-15-6-8-16(9-7-15)41(39,40)21(23(36)37)11-12-34-22(35)17-3-1-2-4-19(17)32-33-34/h1-10,13,21H,11-12H2,(H,36,37)(H2,30,31,38). The summed E-state index contributed by atoms with van der Waals surface area (Å²) in [5, 5.41) is 19.6. The van der Waals surface area contributed by atoms with Crippen molar-refractivity contribution in [3.8, 4) is 0 Å². The second kappa shape index (κ2) is 11.3. The highest BCUT2D eigenvalue weighted by Crippen LogP contribution is 2.32. The number of aliphatic carboxylic acids is 1. The van der Waals surface area contributed by atoms with Gasteiger partial charge in [0.2, 0.25) is 0 Å². The van der Waals surface area contributed by atoms with Crippen LogP contribution in [0.2, 0.25) is 0 Å². The van der Waals surface area contributed by atoms with Crippen LogP contribution in [0.25, 0.3) is 10.9 Å². The van der Waals surface area contributed by atoms with E-state index in [0.717, 1.165) is 28.9 Å². The van der Waals surface area contributed by atoms with Gasteiger partial charge < -0.3 is 15.7 Å². The lowest BCUT2D eigenvalue weighted by molar-refractivity contribution is -0.138. The van der Waals surface area contributed by atoms with E-state index in [0.29, 0.717) is 23.7 Å². The number of amides is 2. The number of nitrogens with one attached hydrogen (secondary N) is 2. The van der Waals surface area contributed by atoms with Crippen LogP contribution in [0.15, 0.2) is 76.4 Å². The van der Waals surface area contributed by atoms with Crippen LogP contribution < -0.4 is 16.2 Å². The minimum absolute atomic E-state index is 0.0290. The van der Waals surface area contributed by atoms with Gasteiger partial charge in [0.1, 0.15) is 11.3 Å². The van der Waals surface area contributed by atoms with E-state index in [4.69, 9.17) is 0 Å². The fraction of sp³-hybridized carbons (Fsp3) is 0.160. The molecule has 4 rings (SSSR count). The molecule has 3 aromatic carbocycles. The molecule has 0 radical (unpaired) electrons. The van der Waals surface area contributed by atoms with Crippen LogP contribution in [0.1, 0.15) is 12.0 Å². The lowest BCUT2D eigenvalue weighted by Gasteiger charge is -2.15. The molecule has 41 heavy (non-hydrogen) atoms. The summed E-state index contributed by atoms with van der Waals surface area (Å²) >= 11 is 0. The predicted octanol–water partition coefficient (Wildman–Crippen LogP) is 3.91. The maximum absolute atomic E-state index is 13.9. The first kappa shape index (κ1) is 29.1. The zero-order valence-corrected chi connectivity index (χ0v) is 21.4. The fourth-order valence-electron chi connectivity index (χ4n) is 3.79. The fourth-order valence-corrected chi connectivity index (χ4v) is 5.32. The molecule has 16 heteroatoms. The van der Waals surface area contributed by atoms with Gasteiger partial charge in [0.05, 0.1) is 21.5 Å². The molecule has 3 N–H and O–H groups in total. The lowest BCUT2D eigenvalue weighted by Crippen LogP contribution is -2.34. The summed E-state index contributed by atoms with van der Waals surface area (Å²) < 4.78 is 79.5. The minimum atomic E-state index is -4.77. The number of carbonyl (C=O) groups excluding carboxylic acids is 1. The van der Waals surface area contributed by atoms with E-state index in [-0.39, 0.29) is 17.6 Å². The van der Waals surface area contributed by atoms with Gasteiger partial charge in [-0.2, -0.15) is 13.2 Å². The van der Waals surface area contributed by atoms with E-state index >= 15 is 0 Å². The van der Waals surface area contributed by atoms with Crippen molar-refractivity contribution in [2.75, 3.05) is 10.6 Å². The second-order valence-electron chi connectivity index (χ2n) is 8.59. The Bertz CT molecular complexity index is 1790. The second-order valence-corrected chi connectivity index (χ2v) is 10.7. The molecule has 0 aliphatic rings. The molecule has 1 aromatic heterocycles. The number of fused-ring (bicyclic) bond motifs is 1. The molecule has 11 nitrogen and oxygen atoms in total. The van der Waals surface area contributed by atoms with E-state index in [1.54, 1.807) is 18.2 Å². The number of halogens is 4. The monoisotopic (exact) mass is 593 g/mol. The molecule has 214 valence electrons.